The van der Waals surface area contributed by atoms with Crippen LogP contribution in [0.1, 0.15) is 44.9 Å². The lowest BCUT2D eigenvalue weighted by molar-refractivity contribution is -0.127. The number of aryl methyl sites for hydroxylation is 1. The molecule has 0 aromatic heterocycles. The maximum Gasteiger partial charge on any atom is 0.260 e. The number of carbonyl (C=O) groups excluding carboxylic acids is 1. The van der Waals surface area contributed by atoms with Crippen LogP contribution < -0.4 is 15.4 Å². The summed E-state index contributed by atoms with van der Waals surface area (Å²) in [6.45, 7) is 10.7. The quantitative estimate of drug-likeness (QED) is 0.812. The normalized spacial score (nSPS) is 13.9. The first-order chi connectivity index (χ1) is 9.85. The second-order valence-corrected chi connectivity index (χ2v) is 5.93. The predicted molar refractivity (Wildman–Crippen MR) is 86.6 cm³/mol. The van der Waals surface area contributed by atoms with Crippen molar-refractivity contribution in [3.63, 3.8) is 0 Å². The molecule has 2 N–H and O–H groups in total. The number of nitrogens with one attached hydrogen (secondary N) is 2. The molecular formula is C17H28N2O2. The van der Waals surface area contributed by atoms with Gasteiger partial charge in [-0.15, -0.1) is 0 Å². The van der Waals surface area contributed by atoms with Crippen molar-refractivity contribution in [1.82, 2.24) is 10.6 Å². The van der Waals surface area contributed by atoms with Crippen molar-refractivity contribution in [2.75, 3.05) is 13.6 Å². The molecule has 1 aromatic carbocycles. The van der Waals surface area contributed by atoms with Gasteiger partial charge in [-0.25, -0.2) is 0 Å². The van der Waals surface area contributed by atoms with Crippen LogP contribution in [0.15, 0.2) is 18.2 Å². The number of benzene rings is 1. The molecule has 4 heteroatoms. The van der Waals surface area contributed by atoms with Crippen molar-refractivity contribution in [1.29, 1.82) is 0 Å². The van der Waals surface area contributed by atoms with Crippen molar-refractivity contribution in [2.24, 2.45) is 5.92 Å². The fourth-order valence-electron chi connectivity index (χ4n) is 1.93. The van der Waals surface area contributed by atoms with E-state index in [4.69, 9.17) is 4.74 Å². The van der Waals surface area contributed by atoms with Crippen molar-refractivity contribution in [3.8, 4) is 5.75 Å². The van der Waals surface area contributed by atoms with E-state index in [-0.39, 0.29) is 5.91 Å². The van der Waals surface area contributed by atoms with Gasteiger partial charge in [0.15, 0.2) is 6.10 Å². The second kappa shape index (κ2) is 8.03. The Labute approximate surface area is 128 Å². The first kappa shape index (κ1) is 17.5. The first-order valence-electron chi connectivity index (χ1n) is 7.57. The highest BCUT2D eigenvalue weighted by atomic mass is 16.5. The molecule has 4 nitrogen and oxygen atoms in total. The van der Waals surface area contributed by atoms with Crippen LogP contribution in [0.5, 0.6) is 5.75 Å². The maximum atomic E-state index is 11.9. The fraction of sp³-hybridized carbons (Fsp3) is 0.588. The number of hydrogen-bond donors (Lipinski definition) is 2. The van der Waals surface area contributed by atoms with Crippen LogP contribution in [0, 0.1) is 12.8 Å². The number of hydrogen-bond acceptors (Lipinski definition) is 3. The van der Waals surface area contributed by atoms with Gasteiger partial charge in [0.1, 0.15) is 5.75 Å². The minimum atomic E-state index is -0.491. The lowest BCUT2D eigenvalue weighted by Gasteiger charge is -2.18. The summed E-state index contributed by atoms with van der Waals surface area (Å²) in [6.07, 6.45) is -0.491. The summed E-state index contributed by atoms with van der Waals surface area (Å²) in [4.78, 5) is 11.9. The summed E-state index contributed by atoms with van der Waals surface area (Å²) in [6, 6.07) is 6.35. The van der Waals surface area contributed by atoms with E-state index in [1.54, 1.807) is 6.92 Å². The van der Waals surface area contributed by atoms with Gasteiger partial charge in [0.05, 0.1) is 0 Å². The molecule has 0 aliphatic rings. The Morgan fingerprint density at radius 3 is 2.43 bits per heavy atom. The van der Waals surface area contributed by atoms with Gasteiger partial charge in [0.25, 0.3) is 5.91 Å². The van der Waals surface area contributed by atoms with Gasteiger partial charge < -0.3 is 15.4 Å². The average molecular weight is 292 g/mol. The summed E-state index contributed by atoms with van der Waals surface area (Å²) in [5.41, 5.74) is 2.25. The molecular weight excluding hydrogens is 264 g/mol. The summed E-state index contributed by atoms with van der Waals surface area (Å²) in [5.74, 6) is 1.12. The topological polar surface area (TPSA) is 50.4 Å². The lowest BCUT2D eigenvalue weighted by Crippen LogP contribution is -2.38. The standard InChI is InChI=1S/C17H28N2O2/c1-11(2)10-19-17(20)14(5)21-16-8-7-15(9-12(16)3)13(4)18-6/h7-9,11,13-14,18H,10H2,1-6H3,(H,19,20). The highest BCUT2D eigenvalue weighted by molar-refractivity contribution is 5.80. The molecule has 21 heavy (non-hydrogen) atoms. The molecule has 1 amide bonds. The minimum Gasteiger partial charge on any atom is -0.481 e. The van der Waals surface area contributed by atoms with Gasteiger partial charge in [0, 0.05) is 12.6 Å². The number of ether oxygens (including phenoxy) is 1. The van der Waals surface area contributed by atoms with Gasteiger partial charge in [-0.1, -0.05) is 26.0 Å². The molecule has 118 valence electrons. The molecule has 0 saturated carbocycles. The lowest BCUT2D eigenvalue weighted by atomic mass is 10.1. The summed E-state index contributed by atoms with van der Waals surface area (Å²) < 4.78 is 5.78. The molecule has 2 unspecified atom stereocenters. The molecule has 1 rings (SSSR count). The Kier molecular flexibility index (Phi) is 6.69. The van der Waals surface area contributed by atoms with Gasteiger partial charge in [-0.3, -0.25) is 4.79 Å². The molecule has 0 radical (unpaired) electrons. The molecule has 0 aliphatic carbocycles. The second-order valence-electron chi connectivity index (χ2n) is 5.93. The Bertz CT molecular complexity index is 472. The zero-order valence-electron chi connectivity index (χ0n) is 14.0. The van der Waals surface area contributed by atoms with Crippen LogP contribution in [-0.2, 0) is 4.79 Å². The molecule has 1 aromatic rings. The van der Waals surface area contributed by atoms with E-state index in [9.17, 15) is 4.79 Å². The Morgan fingerprint density at radius 1 is 1.24 bits per heavy atom. The predicted octanol–water partition coefficient (Wildman–Crippen LogP) is 2.81. The first-order valence-corrected chi connectivity index (χ1v) is 7.57. The zero-order chi connectivity index (χ0) is 16.0. The number of amides is 1. The van der Waals surface area contributed by atoms with Crippen molar-refractivity contribution in [3.05, 3.63) is 29.3 Å². The van der Waals surface area contributed by atoms with Gasteiger partial charge >= 0.3 is 0 Å². The largest absolute Gasteiger partial charge is 0.481 e. The third-order valence-corrected chi connectivity index (χ3v) is 3.49. The van der Waals surface area contributed by atoms with E-state index in [2.05, 4.69) is 37.5 Å². The maximum absolute atomic E-state index is 11.9. The van der Waals surface area contributed by atoms with Crippen LogP contribution in [0.4, 0.5) is 0 Å². The summed E-state index contributed by atoms with van der Waals surface area (Å²) in [5, 5.41) is 6.10. The molecule has 0 fully saturated rings. The SMILES string of the molecule is CNC(C)c1ccc(OC(C)C(=O)NCC(C)C)c(C)c1. The van der Waals surface area contributed by atoms with Gasteiger partial charge in [0.2, 0.25) is 0 Å². The highest BCUT2D eigenvalue weighted by Gasteiger charge is 2.16. The van der Waals surface area contributed by atoms with E-state index in [1.165, 1.54) is 5.56 Å². The van der Waals surface area contributed by atoms with E-state index in [0.717, 1.165) is 11.3 Å². The van der Waals surface area contributed by atoms with Crippen molar-refractivity contribution in [2.45, 2.75) is 46.8 Å². The Hall–Kier alpha value is -1.55. The summed E-state index contributed by atoms with van der Waals surface area (Å²) in [7, 11) is 1.94. The van der Waals surface area contributed by atoms with Crippen LogP contribution >= 0.6 is 0 Å². The van der Waals surface area contributed by atoms with E-state index >= 15 is 0 Å². The molecule has 0 heterocycles. The van der Waals surface area contributed by atoms with Crippen molar-refractivity contribution < 1.29 is 9.53 Å². The van der Waals surface area contributed by atoms with E-state index in [1.807, 2.05) is 26.1 Å². The fourth-order valence-corrected chi connectivity index (χ4v) is 1.93. The average Bonchev–Trinajstić information content (AvgIpc) is 2.45. The Morgan fingerprint density at radius 2 is 1.90 bits per heavy atom. The third-order valence-electron chi connectivity index (χ3n) is 3.49. The zero-order valence-corrected chi connectivity index (χ0v) is 14.0. The minimum absolute atomic E-state index is 0.0734. The Balaban J connectivity index is 2.68. The number of rotatable bonds is 7. The smallest absolute Gasteiger partial charge is 0.260 e. The number of carbonyl (C=O) groups is 1. The molecule has 0 aliphatic heterocycles. The van der Waals surface area contributed by atoms with Crippen LogP contribution in [0.2, 0.25) is 0 Å². The van der Waals surface area contributed by atoms with Crippen LogP contribution in [-0.4, -0.2) is 25.6 Å². The van der Waals surface area contributed by atoms with Crippen LogP contribution in [0.3, 0.4) is 0 Å². The molecule has 2 atom stereocenters. The van der Waals surface area contributed by atoms with Gasteiger partial charge in [-0.2, -0.15) is 0 Å². The van der Waals surface area contributed by atoms with E-state index in [0.29, 0.717) is 18.5 Å². The van der Waals surface area contributed by atoms with Crippen LogP contribution in [0.25, 0.3) is 0 Å². The van der Waals surface area contributed by atoms with Gasteiger partial charge in [-0.05, 0) is 50.9 Å². The van der Waals surface area contributed by atoms with Crippen molar-refractivity contribution >= 4 is 5.91 Å². The third kappa shape index (κ3) is 5.38. The van der Waals surface area contributed by atoms with E-state index < -0.39 is 6.10 Å². The highest BCUT2D eigenvalue weighted by Crippen LogP contribution is 2.23. The molecule has 0 bridgehead atoms. The monoisotopic (exact) mass is 292 g/mol. The summed E-state index contributed by atoms with van der Waals surface area (Å²) >= 11 is 0. The molecule has 0 saturated heterocycles. The molecule has 0 spiro atoms.